The summed E-state index contributed by atoms with van der Waals surface area (Å²) < 4.78 is 75.0. The lowest BCUT2D eigenvalue weighted by Crippen LogP contribution is -2.11. The molecule has 0 radical (unpaired) electrons. The van der Waals surface area contributed by atoms with Gasteiger partial charge in [-0.25, -0.2) is 18.6 Å². The van der Waals surface area contributed by atoms with Crippen molar-refractivity contribution < 1.29 is 60.0 Å². The van der Waals surface area contributed by atoms with Gasteiger partial charge in [-0.2, -0.15) is 30.6 Å². The maximum atomic E-state index is 14.7. The first-order chi connectivity index (χ1) is 45.0. The smallest absolute Gasteiger partial charge is 0.451 e. The van der Waals surface area contributed by atoms with Crippen LogP contribution in [0.15, 0.2) is 179 Å². The minimum Gasteiger partial charge on any atom is -0.451 e. The largest absolute Gasteiger partial charge is 0.480 e. The van der Waals surface area contributed by atoms with Gasteiger partial charge >= 0.3 is 7.82 Å². The number of phosphoric acid groups is 1. The van der Waals surface area contributed by atoms with E-state index in [-0.39, 0.29) is 34.6 Å². The molecule has 0 aromatic carbocycles. The highest BCUT2D eigenvalue weighted by atomic mass is 31.2. The van der Waals surface area contributed by atoms with Crippen LogP contribution in [-0.4, -0.2) is 133 Å². The van der Waals surface area contributed by atoms with E-state index >= 15 is 0 Å². The number of pyridine rings is 3. The number of nitrogens with zero attached hydrogens (tertiary/aromatic N) is 15. The number of phosphoric ester groups is 1. The number of carbonyl (C=O) groups is 3. The fourth-order valence-electron chi connectivity index (χ4n) is 9.10. The number of hydrogen-bond acceptors (Lipinski definition) is 22. The number of hydrogen-bond donors (Lipinski definition) is 3. The third-order valence-corrected chi connectivity index (χ3v) is 14.9. The highest BCUT2D eigenvalue weighted by Gasteiger charge is 2.30. The standard InChI is InChI=1S/C60H57N18O13P/c1-83-25-22-73-34-46(55(70-73)43-10-4-7-19-61-43)67-58(79)52-16-13-49(89-52)40-28-64-76(31-40)37-86-92(82,87-38-77-32-41(29-65-77)50-14-17-53(90-50)59(80)68-47-35-74(23-26-84-2)71-56(47)44-11-5-8-20-62-44)88-39-78-33-42(30-66-78)51-15-18-54(91-51)60(81)69-48-36-75(24-27-85-3)72-57(48)45-12-6-9-21-63-45/h4-21,28-36H,22-27,37-39H2,1-3H3,(H,67,79)(H,68,80)(H,69,81). The quantitative estimate of drug-likeness (QED) is 0.0353. The van der Waals surface area contributed by atoms with E-state index in [0.29, 0.717) is 107 Å². The van der Waals surface area contributed by atoms with Gasteiger partial charge in [0.2, 0.25) is 0 Å². The van der Waals surface area contributed by atoms with Crippen LogP contribution in [0.3, 0.4) is 0 Å². The maximum absolute atomic E-state index is 14.7. The third kappa shape index (κ3) is 14.7. The summed E-state index contributed by atoms with van der Waals surface area (Å²) in [5, 5.41) is 35.6. The molecule has 12 aromatic heterocycles. The predicted molar refractivity (Wildman–Crippen MR) is 327 cm³/mol. The molecule has 0 aliphatic carbocycles. The zero-order valence-electron chi connectivity index (χ0n) is 49.4. The molecule has 0 atom stereocenters. The van der Waals surface area contributed by atoms with E-state index in [0.717, 1.165) is 0 Å². The summed E-state index contributed by atoms with van der Waals surface area (Å²) >= 11 is 0. The van der Waals surface area contributed by atoms with Crippen LogP contribution in [0.4, 0.5) is 17.1 Å². The van der Waals surface area contributed by atoms with Crippen molar-refractivity contribution in [1.29, 1.82) is 0 Å². The highest BCUT2D eigenvalue weighted by molar-refractivity contribution is 7.48. The molecule has 12 aromatic rings. The van der Waals surface area contributed by atoms with Crippen LogP contribution in [0, 0.1) is 0 Å². The van der Waals surface area contributed by atoms with Crippen molar-refractivity contribution in [3.63, 3.8) is 0 Å². The van der Waals surface area contributed by atoms with Crippen LogP contribution in [0.25, 0.3) is 68.1 Å². The molecule has 3 amide bonds. The van der Waals surface area contributed by atoms with Crippen molar-refractivity contribution in [1.82, 2.24) is 73.6 Å². The molecule has 92 heavy (non-hydrogen) atoms. The van der Waals surface area contributed by atoms with Gasteiger partial charge in [-0.05, 0) is 72.8 Å². The van der Waals surface area contributed by atoms with Gasteiger partial charge in [-0.3, -0.25) is 57.0 Å². The van der Waals surface area contributed by atoms with Crippen molar-refractivity contribution in [2.24, 2.45) is 0 Å². The van der Waals surface area contributed by atoms with Crippen LogP contribution < -0.4 is 16.0 Å². The summed E-state index contributed by atoms with van der Waals surface area (Å²) in [4.78, 5) is 54.1. The molecule has 0 aliphatic rings. The van der Waals surface area contributed by atoms with Gasteiger partial charge in [0.05, 0.1) is 109 Å². The molecule has 470 valence electrons. The first-order valence-corrected chi connectivity index (χ1v) is 29.7. The Morgan fingerprint density at radius 3 is 1.02 bits per heavy atom. The molecule has 12 rings (SSSR count). The zero-order chi connectivity index (χ0) is 63.4. The van der Waals surface area contributed by atoms with E-state index in [1.807, 2.05) is 18.2 Å². The Morgan fingerprint density at radius 1 is 0.424 bits per heavy atom. The maximum Gasteiger partial charge on any atom is 0.480 e. The number of amides is 3. The molecular formula is C60H57N18O13P. The molecule has 32 heteroatoms. The first-order valence-electron chi connectivity index (χ1n) is 28.3. The van der Waals surface area contributed by atoms with Gasteiger partial charge in [0.1, 0.15) is 34.4 Å². The van der Waals surface area contributed by atoms with Crippen molar-refractivity contribution >= 4 is 42.6 Å². The number of methoxy groups -OCH3 is 3. The second-order valence-electron chi connectivity index (χ2n) is 20.0. The Bertz CT molecular complexity index is 4060. The Morgan fingerprint density at radius 2 is 0.739 bits per heavy atom. The lowest BCUT2D eigenvalue weighted by Gasteiger charge is -2.18. The van der Waals surface area contributed by atoms with E-state index in [9.17, 15) is 18.9 Å². The van der Waals surface area contributed by atoms with Gasteiger partial charge in [-0.15, -0.1) is 0 Å². The molecule has 0 spiro atoms. The Balaban J connectivity index is 0.727. The summed E-state index contributed by atoms with van der Waals surface area (Å²) in [6.45, 7) is 1.12. The van der Waals surface area contributed by atoms with Crippen LogP contribution >= 0.6 is 7.82 Å². The summed E-state index contributed by atoms with van der Waals surface area (Å²) in [5.41, 5.74) is 5.63. The molecule has 0 unspecified atom stereocenters. The van der Waals surface area contributed by atoms with E-state index in [4.69, 9.17) is 41.0 Å². The van der Waals surface area contributed by atoms with Crippen molar-refractivity contribution in [3.8, 4) is 68.1 Å². The molecule has 0 bridgehead atoms. The lowest BCUT2D eigenvalue weighted by atomic mass is 10.2. The second kappa shape index (κ2) is 28.2. The summed E-state index contributed by atoms with van der Waals surface area (Å²) in [7, 11) is 0.170. The Labute approximate surface area is 522 Å². The number of aromatic nitrogens is 15. The van der Waals surface area contributed by atoms with E-state index < -0.39 is 45.7 Å². The SMILES string of the molecule is COCCn1cc(NC(=O)c2ccc(-c3cnn(COP(=O)(OCn4cc(-c5ccc(C(=O)Nc6cn(CCOC)nc6-c6ccccn6)o5)cn4)OCn4cc(-c5ccc(C(=O)Nc6cn(CCOC)nc6-c6ccccn6)o5)cn4)c3)o2)c(-c2ccccn2)n1. The fraction of sp³-hybridized carbons (Fsp3) is 0.200. The van der Waals surface area contributed by atoms with E-state index in [2.05, 4.69) is 61.5 Å². The lowest BCUT2D eigenvalue weighted by molar-refractivity contribution is 0.0457. The Kier molecular flexibility index (Phi) is 18.8. The minimum absolute atomic E-state index is 0.00506. The second-order valence-corrected chi connectivity index (χ2v) is 21.6. The normalized spacial score (nSPS) is 11.6. The van der Waals surface area contributed by atoms with Crippen LogP contribution in [0.2, 0.25) is 0 Å². The van der Waals surface area contributed by atoms with Gasteiger partial charge in [0, 0.05) is 77.1 Å². The molecule has 3 N–H and O–H groups in total. The summed E-state index contributed by atoms with van der Waals surface area (Å²) in [6, 6.07) is 25.5. The van der Waals surface area contributed by atoms with E-state index in [1.165, 1.54) is 50.8 Å². The minimum atomic E-state index is -4.59. The Hall–Kier alpha value is -11.1. The number of furan rings is 3. The van der Waals surface area contributed by atoms with Gasteiger partial charge in [-0.1, -0.05) is 18.2 Å². The van der Waals surface area contributed by atoms with Crippen LogP contribution in [0.5, 0.6) is 0 Å². The fourth-order valence-corrected chi connectivity index (χ4v) is 10.1. The molecule has 0 fully saturated rings. The van der Waals surface area contributed by atoms with E-state index in [1.54, 1.807) is 146 Å². The molecular weight excluding hydrogens is 1210 g/mol. The molecule has 12 heterocycles. The topological polar surface area (TPSA) is 345 Å². The highest BCUT2D eigenvalue weighted by Crippen LogP contribution is 2.50. The van der Waals surface area contributed by atoms with Gasteiger partial charge < -0.3 is 43.4 Å². The first kappa shape index (κ1) is 61.2. The molecule has 0 aliphatic heterocycles. The third-order valence-electron chi connectivity index (χ3n) is 13.6. The summed E-state index contributed by atoms with van der Waals surface area (Å²) in [6.07, 6.45) is 19.0. The zero-order valence-corrected chi connectivity index (χ0v) is 50.3. The molecule has 0 saturated heterocycles. The monoisotopic (exact) mass is 1270 g/mol. The number of nitrogens with one attached hydrogen (secondary N) is 3. The summed E-state index contributed by atoms with van der Waals surface area (Å²) in [5.74, 6) is -0.781. The average molecular weight is 1270 g/mol. The number of anilines is 3. The number of carbonyl (C=O) groups excluding carboxylic acids is 3. The molecule has 31 nitrogen and oxygen atoms in total. The number of rotatable bonds is 30. The van der Waals surface area contributed by atoms with Crippen LogP contribution in [0.1, 0.15) is 31.7 Å². The van der Waals surface area contributed by atoms with Crippen molar-refractivity contribution in [2.75, 3.05) is 57.1 Å². The van der Waals surface area contributed by atoms with Gasteiger partial charge in [0.25, 0.3) is 17.7 Å². The molecule has 0 saturated carbocycles. The predicted octanol–water partition coefficient (Wildman–Crippen LogP) is 8.96. The van der Waals surface area contributed by atoms with Crippen molar-refractivity contribution in [3.05, 3.63) is 183 Å². The van der Waals surface area contributed by atoms with Crippen molar-refractivity contribution in [2.45, 2.75) is 39.8 Å². The van der Waals surface area contributed by atoms with Crippen LogP contribution in [-0.2, 0) is 72.2 Å². The van der Waals surface area contributed by atoms with Gasteiger partial charge in [0.15, 0.2) is 37.5 Å². The number of ether oxygens (including phenoxy) is 3. The average Bonchev–Trinajstić information content (AvgIpc) is 1.90.